The number of para-hydroxylation sites is 2. The molecule has 3 heterocycles. The fourth-order valence-electron chi connectivity index (χ4n) is 3.51. The fourth-order valence-corrected chi connectivity index (χ4v) is 3.51. The molecule has 10 heteroatoms. The number of aromatic nitrogens is 2. The number of hydrogen-bond donors (Lipinski definition) is 0. The number of halogens is 3. The summed E-state index contributed by atoms with van der Waals surface area (Å²) in [5.41, 5.74) is -0.573. The zero-order chi connectivity index (χ0) is 21.6. The third-order valence-electron chi connectivity index (χ3n) is 5.22. The summed E-state index contributed by atoms with van der Waals surface area (Å²) in [6.07, 6.45) is -5.19. The molecule has 0 N–H and O–H groups in total. The minimum absolute atomic E-state index is 0.0755. The van der Waals surface area contributed by atoms with E-state index in [1.54, 1.807) is 23.1 Å². The van der Waals surface area contributed by atoms with Gasteiger partial charge in [-0.2, -0.15) is 18.2 Å². The minimum Gasteiger partial charge on any atom is -0.485 e. The van der Waals surface area contributed by atoms with Gasteiger partial charge in [0.25, 0.3) is 5.91 Å². The lowest BCUT2D eigenvalue weighted by molar-refractivity contribution is -0.146. The molecule has 7 nitrogen and oxygen atoms in total. The molecular formula is C21H16F3N3O4. The van der Waals surface area contributed by atoms with Crippen molar-refractivity contribution in [2.75, 3.05) is 19.7 Å². The number of nitrogens with zero attached hydrogens (tertiary/aromatic N) is 3. The van der Waals surface area contributed by atoms with Crippen molar-refractivity contribution in [1.82, 2.24) is 15.0 Å². The van der Waals surface area contributed by atoms with E-state index in [-0.39, 0.29) is 35.7 Å². The topological polar surface area (TPSA) is 77.7 Å². The van der Waals surface area contributed by atoms with Crippen molar-refractivity contribution in [2.24, 2.45) is 0 Å². The Morgan fingerprint density at radius 2 is 1.84 bits per heavy atom. The number of ether oxygens (including phenoxy) is 2. The molecule has 0 spiro atoms. The SMILES string of the molecule is O=C([C@H]1COc2ccccc2O1)N1CC(c2nc(-c3cccc(C(F)(F)F)c3)no2)C1. The Balaban J connectivity index is 1.22. The van der Waals surface area contributed by atoms with E-state index < -0.39 is 17.8 Å². The van der Waals surface area contributed by atoms with Crippen LogP contribution in [0.3, 0.4) is 0 Å². The van der Waals surface area contributed by atoms with Crippen LogP contribution in [0.1, 0.15) is 17.4 Å². The van der Waals surface area contributed by atoms with E-state index in [0.717, 1.165) is 12.1 Å². The normalized spacial score (nSPS) is 18.5. The van der Waals surface area contributed by atoms with E-state index in [4.69, 9.17) is 14.0 Å². The molecular weight excluding hydrogens is 415 g/mol. The van der Waals surface area contributed by atoms with Crippen LogP contribution in [-0.4, -0.2) is 46.7 Å². The van der Waals surface area contributed by atoms with Crippen molar-refractivity contribution in [3.05, 3.63) is 60.0 Å². The highest BCUT2D eigenvalue weighted by molar-refractivity contribution is 5.83. The van der Waals surface area contributed by atoms with E-state index in [9.17, 15) is 18.0 Å². The Hall–Kier alpha value is -3.56. The maximum Gasteiger partial charge on any atom is 0.416 e. The number of carbonyl (C=O) groups is 1. The molecule has 160 valence electrons. The van der Waals surface area contributed by atoms with E-state index in [1.165, 1.54) is 12.1 Å². The highest BCUT2D eigenvalue weighted by atomic mass is 19.4. The van der Waals surface area contributed by atoms with E-state index in [1.807, 2.05) is 6.07 Å². The molecule has 3 aromatic rings. The molecule has 1 amide bonds. The van der Waals surface area contributed by atoms with Crippen LogP contribution < -0.4 is 9.47 Å². The van der Waals surface area contributed by atoms with Gasteiger partial charge in [0.15, 0.2) is 11.5 Å². The van der Waals surface area contributed by atoms with E-state index in [2.05, 4.69) is 10.1 Å². The summed E-state index contributed by atoms with van der Waals surface area (Å²) in [7, 11) is 0. The Morgan fingerprint density at radius 1 is 1.06 bits per heavy atom. The molecule has 2 aliphatic rings. The number of hydrogen-bond acceptors (Lipinski definition) is 6. The van der Waals surface area contributed by atoms with Crippen molar-refractivity contribution in [1.29, 1.82) is 0 Å². The first kappa shape index (κ1) is 19.4. The third kappa shape index (κ3) is 3.69. The molecule has 0 bridgehead atoms. The van der Waals surface area contributed by atoms with Crippen molar-refractivity contribution >= 4 is 5.91 Å². The first-order valence-corrected chi connectivity index (χ1v) is 9.57. The van der Waals surface area contributed by atoms with Gasteiger partial charge in [-0.1, -0.05) is 29.4 Å². The minimum atomic E-state index is -4.46. The molecule has 0 radical (unpaired) electrons. The van der Waals surface area contributed by atoms with Gasteiger partial charge in [0.2, 0.25) is 17.8 Å². The van der Waals surface area contributed by atoms with Gasteiger partial charge in [0.05, 0.1) is 11.5 Å². The number of benzene rings is 2. The molecule has 0 unspecified atom stereocenters. The van der Waals surface area contributed by atoms with E-state index >= 15 is 0 Å². The van der Waals surface area contributed by atoms with Crippen molar-refractivity contribution in [2.45, 2.75) is 18.2 Å². The van der Waals surface area contributed by atoms with Crippen LogP contribution in [0.2, 0.25) is 0 Å². The monoisotopic (exact) mass is 431 g/mol. The number of amides is 1. The molecule has 0 aliphatic carbocycles. The smallest absolute Gasteiger partial charge is 0.416 e. The summed E-state index contributed by atoms with van der Waals surface area (Å²) in [4.78, 5) is 18.5. The van der Waals surface area contributed by atoms with Crippen LogP contribution in [-0.2, 0) is 11.0 Å². The highest BCUT2D eigenvalue weighted by Crippen LogP contribution is 2.34. The second-order valence-electron chi connectivity index (χ2n) is 7.34. The number of likely N-dealkylation sites (tertiary alicyclic amines) is 1. The maximum atomic E-state index is 12.9. The maximum absolute atomic E-state index is 12.9. The quantitative estimate of drug-likeness (QED) is 0.632. The van der Waals surface area contributed by atoms with Gasteiger partial charge in [0.1, 0.15) is 6.61 Å². The van der Waals surface area contributed by atoms with Crippen LogP contribution in [0, 0.1) is 0 Å². The zero-order valence-electron chi connectivity index (χ0n) is 16.0. The fraction of sp³-hybridized carbons (Fsp3) is 0.286. The third-order valence-corrected chi connectivity index (χ3v) is 5.22. The molecule has 31 heavy (non-hydrogen) atoms. The average molecular weight is 431 g/mol. The van der Waals surface area contributed by atoms with Gasteiger partial charge in [-0.25, -0.2) is 0 Å². The van der Waals surface area contributed by atoms with E-state index in [0.29, 0.717) is 24.6 Å². The number of alkyl halides is 3. The van der Waals surface area contributed by atoms with Gasteiger partial charge < -0.3 is 18.9 Å². The van der Waals surface area contributed by atoms with Crippen LogP contribution in [0.5, 0.6) is 11.5 Å². The van der Waals surface area contributed by atoms with Gasteiger partial charge in [-0.15, -0.1) is 0 Å². The first-order chi connectivity index (χ1) is 14.9. The molecule has 0 saturated carbocycles. The highest BCUT2D eigenvalue weighted by Gasteiger charge is 2.40. The van der Waals surface area contributed by atoms with Gasteiger partial charge in [-0.05, 0) is 24.3 Å². The lowest BCUT2D eigenvalue weighted by Gasteiger charge is -2.39. The van der Waals surface area contributed by atoms with Gasteiger partial charge in [-0.3, -0.25) is 4.79 Å². The number of rotatable bonds is 3. The molecule has 1 aromatic heterocycles. The van der Waals surface area contributed by atoms with Crippen LogP contribution in [0.25, 0.3) is 11.4 Å². The zero-order valence-corrected chi connectivity index (χ0v) is 16.0. The van der Waals surface area contributed by atoms with Crippen molar-refractivity contribution in [3.63, 3.8) is 0 Å². The van der Waals surface area contributed by atoms with Gasteiger partial charge in [0, 0.05) is 18.7 Å². The molecule has 1 fully saturated rings. The first-order valence-electron chi connectivity index (χ1n) is 9.57. The summed E-state index contributed by atoms with van der Waals surface area (Å²) in [5.74, 6) is 1.08. The van der Waals surface area contributed by atoms with Crippen molar-refractivity contribution < 1.29 is 32.0 Å². The molecule has 1 atom stereocenters. The summed E-state index contributed by atoms with van der Waals surface area (Å²) in [6, 6.07) is 11.9. The van der Waals surface area contributed by atoms with Crippen molar-refractivity contribution in [3.8, 4) is 22.9 Å². The molecule has 2 aliphatic heterocycles. The van der Waals surface area contributed by atoms with Crippen LogP contribution >= 0.6 is 0 Å². The Bertz CT molecular complexity index is 1120. The summed E-state index contributed by atoms with van der Waals surface area (Å²) in [5, 5.41) is 3.80. The largest absolute Gasteiger partial charge is 0.485 e. The second kappa shape index (κ2) is 7.29. The summed E-state index contributed by atoms with van der Waals surface area (Å²) in [6.45, 7) is 0.826. The lowest BCUT2D eigenvalue weighted by atomic mass is 9.99. The Labute approximate surface area is 174 Å². The Kier molecular flexibility index (Phi) is 4.57. The Morgan fingerprint density at radius 3 is 2.61 bits per heavy atom. The summed E-state index contributed by atoms with van der Waals surface area (Å²) < 4.78 is 55.3. The van der Waals surface area contributed by atoms with Gasteiger partial charge >= 0.3 is 6.18 Å². The number of carbonyl (C=O) groups excluding carboxylic acids is 1. The standard InChI is InChI=1S/C21H16F3N3O4/c22-21(23,24)14-5-3-4-12(8-14)18-25-19(31-26-18)13-9-27(10-13)20(28)17-11-29-15-6-1-2-7-16(15)30-17/h1-8,13,17H,9-11H2/t17-/m1/s1. The molecule has 5 rings (SSSR count). The predicted octanol–water partition coefficient (Wildman–Crippen LogP) is 3.52. The predicted molar refractivity (Wildman–Crippen MR) is 100 cm³/mol. The van der Waals surface area contributed by atoms with Crippen LogP contribution in [0.15, 0.2) is 53.1 Å². The summed E-state index contributed by atoms with van der Waals surface area (Å²) >= 11 is 0. The second-order valence-corrected chi connectivity index (χ2v) is 7.34. The molecule has 2 aromatic carbocycles. The lowest BCUT2D eigenvalue weighted by Crippen LogP contribution is -2.55. The number of fused-ring (bicyclic) bond motifs is 1. The van der Waals surface area contributed by atoms with Crippen LogP contribution in [0.4, 0.5) is 13.2 Å². The molecule has 1 saturated heterocycles. The average Bonchev–Trinajstić information content (AvgIpc) is 3.21.